The molecule has 0 aliphatic carbocycles. The predicted octanol–water partition coefficient (Wildman–Crippen LogP) is 1.44. The number of nitrogens with one attached hydrogen (secondary N) is 1. The maximum atomic E-state index is 11.0. The van der Waals surface area contributed by atoms with Crippen LogP contribution in [0.5, 0.6) is 11.5 Å². The fraction of sp³-hybridized carbons (Fsp3) is 0.167. The summed E-state index contributed by atoms with van der Waals surface area (Å²) in [4.78, 5) is 7.72. The fourth-order valence-electron chi connectivity index (χ4n) is 2.99. The smallest absolute Gasteiger partial charge is 0.218 e. The zero-order valence-electron chi connectivity index (χ0n) is 12.8. The number of fused-ring (bicyclic) bond motifs is 2. The zero-order chi connectivity index (χ0) is 16.0. The Morgan fingerprint density at radius 2 is 1.91 bits per heavy atom. The van der Waals surface area contributed by atoms with Crippen molar-refractivity contribution in [3.63, 3.8) is 0 Å². The normalized spacial score (nSPS) is 19.1. The van der Waals surface area contributed by atoms with Gasteiger partial charge in [0.15, 0.2) is 11.5 Å². The number of para-hydroxylation sites is 1. The summed E-state index contributed by atoms with van der Waals surface area (Å²) in [6.07, 6.45) is 1.72. The standard InChI is InChI=1S/C18H16N2O3/c1-22-14-8-7-12-10-18(21,20-16(12)17(14)23-2)15-9-11-5-3-4-6-13(11)19-15/h3-10,19,21H,1-2H3. The van der Waals surface area contributed by atoms with Gasteiger partial charge in [0.25, 0.3) is 0 Å². The number of aromatic nitrogens is 1. The average Bonchev–Trinajstić information content (AvgIpc) is 3.14. The largest absolute Gasteiger partial charge is 0.493 e. The van der Waals surface area contributed by atoms with Crippen LogP contribution >= 0.6 is 0 Å². The summed E-state index contributed by atoms with van der Waals surface area (Å²) in [5.74, 6) is 1.11. The monoisotopic (exact) mass is 308 g/mol. The van der Waals surface area contributed by atoms with E-state index in [0.29, 0.717) is 22.6 Å². The highest BCUT2D eigenvalue weighted by atomic mass is 16.5. The number of aromatic amines is 1. The second kappa shape index (κ2) is 4.86. The number of rotatable bonds is 3. The van der Waals surface area contributed by atoms with Crippen LogP contribution in [0, 0.1) is 0 Å². The van der Waals surface area contributed by atoms with Crippen molar-refractivity contribution < 1.29 is 14.6 Å². The Labute approximate surface area is 132 Å². The van der Waals surface area contributed by atoms with E-state index in [1.54, 1.807) is 26.4 Å². The van der Waals surface area contributed by atoms with Crippen LogP contribution in [-0.2, 0) is 5.72 Å². The Kier molecular flexibility index (Phi) is 2.92. The number of H-pyrrole nitrogens is 1. The van der Waals surface area contributed by atoms with Crippen molar-refractivity contribution in [2.75, 3.05) is 14.2 Å². The Hall–Kier alpha value is -2.79. The van der Waals surface area contributed by atoms with E-state index < -0.39 is 5.72 Å². The third-order valence-corrected chi connectivity index (χ3v) is 4.12. The van der Waals surface area contributed by atoms with Gasteiger partial charge in [0, 0.05) is 10.7 Å². The van der Waals surface area contributed by atoms with Gasteiger partial charge in [-0.15, -0.1) is 0 Å². The molecule has 0 saturated carbocycles. The maximum absolute atomic E-state index is 11.0. The van der Waals surface area contributed by atoms with Crippen molar-refractivity contribution in [2.24, 2.45) is 4.99 Å². The van der Waals surface area contributed by atoms with E-state index in [0.717, 1.165) is 16.1 Å². The van der Waals surface area contributed by atoms with Crippen molar-refractivity contribution in [3.05, 3.63) is 58.7 Å². The zero-order valence-corrected chi connectivity index (χ0v) is 12.8. The summed E-state index contributed by atoms with van der Waals surface area (Å²) in [5, 5.41) is 13.4. The first-order valence-electron chi connectivity index (χ1n) is 7.29. The van der Waals surface area contributed by atoms with Crippen LogP contribution in [0.3, 0.4) is 0 Å². The molecule has 1 unspecified atom stereocenters. The summed E-state index contributed by atoms with van der Waals surface area (Å²) < 4.78 is 10.7. The average molecular weight is 308 g/mol. The molecule has 3 aromatic rings. The van der Waals surface area contributed by atoms with Crippen molar-refractivity contribution in [1.29, 1.82) is 0 Å². The summed E-state index contributed by atoms with van der Waals surface area (Å²) in [6, 6.07) is 13.4. The van der Waals surface area contributed by atoms with Gasteiger partial charge in [0.1, 0.15) is 5.36 Å². The molecule has 0 spiro atoms. The summed E-state index contributed by atoms with van der Waals surface area (Å²) in [7, 11) is 3.14. The van der Waals surface area contributed by atoms with Crippen LogP contribution < -0.4 is 20.0 Å². The Bertz CT molecular complexity index is 989. The first-order chi connectivity index (χ1) is 11.1. The van der Waals surface area contributed by atoms with E-state index in [-0.39, 0.29) is 0 Å². The van der Waals surface area contributed by atoms with Gasteiger partial charge in [-0.3, -0.25) is 0 Å². The Morgan fingerprint density at radius 3 is 2.65 bits per heavy atom. The minimum Gasteiger partial charge on any atom is -0.493 e. The first kappa shape index (κ1) is 13.8. The lowest BCUT2D eigenvalue weighted by molar-refractivity contribution is 0.112. The van der Waals surface area contributed by atoms with Crippen LogP contribution in [0.4, 0.5) is 0 Å². The lowest BCUT2D eigenvalue weighted by Gasteiger charge is -2.15. The van der Waals surface area contributed by atoms with Gasteiger partial charge in [-0.1, -0.05) is 18.2 Å². The van der Waals surface area contributed by atoms with Crippen LogP contribution in [0.1, 0.15) is 5.69 Å². The summed E-state index contributed by atoms with van der Waals surface area (Å²) in [5.41, 5.74) is 0.136. The lowest BCUT2D eigenvalue weighted by Crippen LogP contribution is -2.23. The van der Waals surface area contributed by atoms with Gasteiger partial charge in [0.05, 0.1) is 19.9 Å². The van der Waals surface area contributed by atoms with E-state index in [9.17, 15) is 5.11 Å². The number of methoxy groups -OCH3 is 2. The number of ether oxygens (including phenoxy) is 2. The molecule has 1 atom stereocenters. The Balaban J connectivity index is 1.94. The molecule has 5 nitrogen and oxygen atoms in total. The molecule has 1 aromatic heterocycles. The highest BCUT2D eigenvalue weighted by Crippen LogP contribution is 2.30. The molecule has 2 aromatic carbocycles. The van der Waals surface area contributed by atoms with Crippen molar-refractivity contribution in [3.8, 4) is 11.5 Å². The topological polar surface area (TPSA) is 66.8 Å². The molecule has 1 aliphatic rings. The van der Waals surface area contributed by atoms with Crippen LogP contribution in [0.15, 0.2) is 47.5 Å². The molecule has 0 saturated heterocycles. The maximum Gasteiger partial charge on any atom is 0.218 e. The summed E-state index contributed by atoms with van der Waals surface area (Å²) in [6.45, 7) is 0. The molecular weight excluding hydrogens is 292 g/mol. The fourth-order valence-corrected chi connectivity index (χ4v) is 2.99. The molecular formula is C18H16N2O3. The minimum atomic E-state index is -1.44. The van der Waals surface area contributed by atoms with Crippen molar-refractivity contribution in [1.82, 2.24) is 4.98 Å². The summed E-state index contributed by atoms with van der Waals surface area (Å²) >= 11 is 0. The SMILES string of the molecule is COc1ccc2c(c1OC)=NC(O)(c1cc3ccccc3[nH]1)C=2. The second-order valence-electron chi connectivity index (χ2n) is 5.49. The van der Waals surface area contributed by atoms with E-state index in [1.165, 1.54) is 0 Å². The minimum absolute atomic E-state index is 0.522. The third kappa shape index (κ3) is 2.01. The van der Waals surface area contributed by atoms with Gasteiger partial charge in [-0.2, -0.15) is 0 Å². The van der Waals surface area contributed by atoms with E-state index in [1.807, 2.05) is 36.4 Å². The molecule has 2 N–H and O–H groups in total. The van der Waals surface area contributed by atoms with Gasteiger partial charge in [0.2, 0.25) is 5.72 Å². The van der Waals surface area contributed by atoms with Crippen LogP contribution in [-0.4, -0.2) is 24.3 Å². The molecule has 5 heteroatoms. The molecule has 0 bridgehead atoms. The van der Waals surface area contributed by atoms with E-state index in [2.05, 4.69) is 9.98 Å². The predicted molar refractivity (Wildman–Crippen MR) is 87.0 cm³/mol. The van der Waals surface area contributed by atoms with Gasteiger partial charge in [-0.25, -0.2) is 4.99 Å². The highest BCUT2D eigenvalue weighted by molar-refractivity contribution is 5.81. The van der Waals surface area contributed by atoms with Crippen LogP contribution in [0.2, 0.25) is 0 Å². The molecule has 2 heterocycles. The number of aliphatic hydroxyl groups is 1. The Morgan fingerprint density at radius 1 is 1.09 bits per heavy atom. The van der Waals surface area contributed by atoms with Crippen LogP contribution in [0.25, 0.3) is 17.0 Å². The molecule has 0 fully saturated rings. The van der Waals surface area contributed by atoms with Gasteiger partial charge in [-0.05, 0) is 35.7 Å². The molecule has 116 valence electrons. The van der Waals surface area contributed by atoms with Gasteiger partial charge >= 0.3 is 0 Å². The lowest BCUT2D eigenvalue weighted by atomic mass is 10.1. The number of hydrogen-bond donors (Lipinski definition) is 2. The van der Waals surface area contributed by atoms with E-state index >= 15 is 0 Å². The van der Waals surface area contributed by atoms with Crippen molar-refractivity contribution in [2.45, 2.75) is 5.72 Å². The number of hydrogen-bond acceptors (Lipinski definition) is 4. The number of benzene rings is 2. The molecule has 0 amide bonds. The van der Waals surface area contributed by atoms with Crippen molar-refractivity contribution >= 4 is 17.0 Å². The van der Waals surface area contributed by atoms with E-state index in [4.69, 9.17) is 9.47 Å². The third-order valence-electron chi connectivity index (χ3n) is 4.12. The quantitative estimate of drug-likeness (QED) is 0.769. The molecule has 23 heavy (non-hydrogen) atoms. The molecule has 1 aliphatic heterocycles. The first-order valence-corrected chi connectivity index (χ1v) is 7.29. The molecule has 4 rings (SSSR count). The molecule has 0 radical (unpaired) electrons. The number of nitrogens with zero attached hydrogens (tertiary/aromatic N) is 1. The van der Waals surface area contributed by atoms with Gasteiger partial charge < -0.3 is 19.6 Å². The highest BCUT2D eigenvalue weighted by Gasteiger charge is 2.32. The second-order valence-corrected chi connectivity index (χ2v) is 5.49.